The van der Waals surface area contributed by atoms with Crippen molar-refractivity contribution >= 4 is 5.91 Å². The number of primary amides is 1. The highest BCUT2D eigenvalue weighted by atomic mass is 16.1. The Morgan fingerprint density at radius 3 is 3.00 bits per heavy atom. The van der Waals surface area contributed by atoms with Gasteiger partial charge in [0, 0.05) is 18.5 Å². The van der Waals surface area contributed by atoms with Gasteiger partial charge in [0.2, 0.25) is 5.91 Å². The second-order valence-corrected chi connectivity index (χ2v) is 4.01. The van der Waals surface area contributed by atoms with Crippen molar-refractivity contribution in [1.29, 1.82) is 5.26 Å². The molecule has 0 aromatic carbocycles. The van der Waals surface area contributed by atoms with Gasteiger partial charge in [-0.05, 0) is 19.8 Å². The van der Waals surface area contributed by atoms with E-state index in [-0.39, 0.29) is 23.9 Å². The zero-order valence-corrected chi connectivity index (χ0v) is 8.49. The second-order valence-electron chi connectivity index (χ2n) is 4.01. The number of nitriles is 1. The Bertz CT molecular complexity index is 246. The quantitative estimate of drug-likeness (QED) is 0.686. The van der Waals surface area contributed by atoms with Crippen LogP contribution in [0.15, 0.2) is 0 Å². The number of carbonyl (C=O) groups excluding carboxylic acids is 1. The summed E-state index contributed by atoms with van der Waals surface area (Å²) in [5.41, 5.74) is 5.09. The maximum atomic E-state index is 10.7. The molecule has 0 aliphatic heterocycles. The van der Waals surface area contributed by atoms with Crippen molar-refractivity contribution in [2.45, 2.75) is 44.7 Å². The molecule has 0 aromatic heterocycles. The van der Waals surface area contributed by atoms with Gasteiger partial charge in [-0.25, -0.2) is 0 Å². The molecule has 1 rings (SSSR count). The average Bonchev–Trinajstić information content (AvgIpc) is 2.50. The fourth-order valence-corrected chi connectivity index (χ4v) is 2.04. The first-order chi connectivity index (χ1) is 6.63. The predicted octanol–water partition coefficient (Wildman–Crippen LogP) is 0.532. The first kappa shape index (κ1) is 11.0. The van der Waals surface area contributed by atoms with Gasteiger partial charge in [-0.2, -0.15) is 5.26 Å². The molecule has 0 aromatic rings. The standard InChI is InChI=1S/C10H17N3O/c1-7(5-10(12)14)13-9-4-2-3-8(9)6-11/h7-9,13H,2-5H2,1H3,(H2,12,14). The lowest BCUT2D eigenvalue weighted by Gasteiger charge is -2.20. The third-order valence-corrected chi connectivity index (χ3v) is 2.69. The molecule has 0 radical (unpaired) electrons. The summed E-state index contributed by atoms with van der Waals surface area (Å²) in [4.78, 5) is 10.7. The minimum atomic E-state index is -0.295. The van der Waals surface area contributed by atoms with Crippen LogP contribution in [0.1, 0.15) is 32.6 Å². The molecule has 0 saturated heterocycles. The Morgan fingerprint density at radius 1 is 1.71 bits per heavy atom. The number of hydrogen-bond acceptors (Lipinski definition) is 3. The number of hydrogen-bond donors (Lipinski definition) is 2. The van der Waals surface area contributed by atoms with Crippen molar-refractivity contribution in [3.63, 3.8) is 0 Å². The van der Waals surface area contributed by atoms with Crippen molar-refractivity contribution < 1.29 is 4.79 Å². The molecule has 3 N–H and O–H groups in total. The summed E-state index contributed by atoms with van der Waals surface area (Å²) in [6, 6.07) is 2.61. The van der Waals surface area contributed by atoms with Gasteiger partial charge in [-0.3, -0.25) is 4.79 Å². The highest BCUT2D eigenvalue weighted by molar-refractivity contribution is 5.74. The lowest BCUT2D eigenvalue weighted by molar-refractivity contribution is -0.118. The van der Waals surface area contributed by atoms with Crippen molar-refractivity contribution in [2.75, 3.05) is 0 Å². The van der Waals surface area contributed by atoms with Gasteiger partial charge < -0.3 is 11.1 Å². The van der Waals surface area contributed by atoms with Crippen molar-refractivity contribution in [3.8, 4) is 6.07 Å². The van der Waals surface area contributed by atoms with Crippen molar-refractivity contribution in [1.82, 2.24) is 5.32 Å². The molecule has 0 heterocycles. The van der Waals surface area contributed by atoms with Gasteiger partial charge in [0.1, 0.15) is 0 Å². The SMILES string of the molecule is CC(CC(N)=O)NC1CCCC1C#N. The topological polar surface area (TPSA) is 78.9 Å². The zero-order chi connectivity index (χ0) is 10.6. The van der Waals surface area contributed by atoms with Crippen molar-refractivity contribution in [3.05, 3.63) is 0 Å². The first-order valence-electron chi connectivity index (χ1n) is 5.07. The smallest absolute Gasteiger partial charge is 0.218 e. The van der Waals surface area contributed by atoms with E-state index in [0.717, 1.165) is 19.3 Å². The van der Waals surface area contributed by atoms with E-state index in [0.29, 0.717) is 6.42 Å². The van der Waals surface area contributed by atoms with E-state index in [1.807, 2.05) is 6.92 Å². The fourth-order valence-electron chi connectivity index (χ4n) is 2.04. The lowest BCUT2D eigenvalue weighted by atomic mass is 10.0. The zero-order valence-electron chi connectivity index (χ0n) is 8.49. The highest BCUT2D eigenvalue weighted by Gasteiger charge is 2.27. The van der Waals surface area contributed by atoms with E-state index in [1.165, 1.54) is 0 Å². The maximum absolute atomic E-state index is 10.7. The molecule has 4 nitrogen and oxygen atoms in total. The van der Waals surface area contributed by atoms with Crippen LogP contribution in [0.5, 0.6) is 0 Å². The van der Waals surface area contributed by atoms with Gasteiger partial charge in [0.05, 0.1) is 12.0 Å². The third-order valence-electron chi connectivity index (χ3n) is 2.69. The molecule has 78 valence electrons. The summed E-state index contributed by atoms with van der Waals surface area (Å²) in [5.74, 6) is -0.193. The van der Waals surface area contributed by atoms with Crippen molar-refractivity contribution in [2.24, 2.45) is 11.7 Å². The molecule has 1 saturated carbocycles. The van der Waals surface area contributed by atoms with Crippen LogP contribution in [0, 0.1) is 17.2 Å². The van der Waals surface area contributed by atoms with E-state index >= 15 is 0 Å². The fraction of sp³-hybridized carbons (Fsp3) is 0.800. The number of amides is 1. The summed E-state index contributed by atoms with van der Waals surface area (Å²) in [7, 11) is 0. The van der Waals surface area contributed by atoms with Crippen LogP contribution in [0.3, 0.4) is 0 Å². The molecule has 1 aliphatic rings. The Kier molecular flexibility index (Phi) is 3.90. The molecule has 3 unspecified atom stereocenters. The van der Waals surface area contributed by atoms with E-state index < -0.39 is 0 Å². The summed E-state index contributed by atoms with van der Waals surface area (Å²) < 4.78 is 0. The number of nitrogens with one attached hydrogen (secondary N) is 1. The molecule has 1 fully saturated rings. The Labute approximate surface area is 84.5 Å². The van der Waals surface area contributed by atoms with Crippen LogP contribution in [0.2, 0.25) is 0 Å². The molecule has 14 heavy (non-hydrogen) atoms. The molecule has 4 heteroatoms. The van der Waals surface area contributed by atoms with Gasteiger partial charge in [-0.15, -0.1) is 0 Å². The predicted molar refractivity (Wildman–Crippen MR) is 53.2 cm³/mol. The average molecular weight is 195 g/mol. The molecule has 3 atom stereocenters. The monoisotopic (exact) mass is 195 g/mol. The molecule has 1 amide bonds. The minimum Gasteiger partial charge on any atom is -0.370 e. The summed E-state index contributed by atoms with van der Waals surface area (Å²) in [5, 5.41) is 12.1. The number of nitrogens with zero attached hydrogens (tertiary/aromatic N) is 1. The Morgan fingerprint density at radius 2 is 2.43 bits per heavy atom. The number of rotatable bonds is 4. The van der Waals surface area contributed by atoms with Gasteiger partial charge in [0.25, 0.3) is 0 Å². The van der Waals surface area contributed by atoms with Crippen LogP contribution in [0.25, 0.3) is 0 Å². The van der Waals surface area contributed by atoms with Crippen LogP contribution in [-0.2, 0) is 4.79 Å². The third kappa shape index (κ3) is 3.00. The second kappa shape index (κ2) is 4.97. The van der Waals surface area contributed by atoms with E-state index in [1.54, 1.807) is 0 Å². The molecular weight excluding hydrogens is 178 g/mol. The van der Waals surface area contributed by atoms with Crippen LogP contribution < -0.4 is 11.1 Å². The van der Waals surface area contributed by atoms with Crippen LogP contribution >= 0.6 is 0 Å². The van der Waals surface area contributed by atoms with Gasteiger partial charge >= 0.3 is 0 Å². The molecule has 0 spiro atoms. The summed E-state index contributed by atoms with van der Waals surface area (Å²) >= 11 is 0. The van der Waals surface area contributed by atoms with E-state index in [2.05, 4.69) is 11.4 Å². The summed E-state index contributed by atoms with van der Waals surface area (Å²) in [6.45, 7) is 1.93. The Balaban J connectivity index is 2.36. The number of nitrogens with two attached hydrogens (primary N) is 1. The van der Waals surface area contributed by atoms with E-state index in [4.69, 9.17) is 11.0 Å². The largest absolute Gasteiger partial charge is 0.370 e. The van der Waals surface area contributed by atoms with Crippen LogP contribution in [0.4, 0.5) is 0 Å². The Hall–Kier alpha value is -1.08. The van der Waals surface area contributed by atoms with E-state index in [9.17, 15) is 4.79 Å². The normalized spacial score (nSPS) is 28.3. The first-order valence-corrected chi connectivity index (χ1v) is 5.07. The molecular formula is C10H17N3O. The van der Waals surface area contributed by atoms with Crippen LogP contribution in [-0.4, -0.2) is 18.0 Å². The summed E-state index contributed by atoms with van der Waals surface area (Å²) in [6.07, 6.45) is 3.44. The van der Waals surface area contributed by atoms with Gasteiger partial charge in [-0.1, -0.05) is 6.42 Å². The molecule has 1 aliphatic carbocycles. The lowest BCUT2D eigenvalue weighted by Crippen LogP contribution is -2.40. The number of carbonyl (C=O) groups is 1. The minimum absolute atomic E-state index is 0.0754. The molecule has 0 bridgehead atoms. The van der Waals surface area contributed by atoms with Gasteiger partial charge in [0.15, 0.2) is 0 Å². The highest BCUT2D eigenvalue weighted by Crippen LogP contribution is 2.25. The maximum Gasteiger partial charge on any atom is 0.218 e.